The van der Waals surface area contributed by atoms with Crippen LogP contribution in [0.3, 0.4) is 0 Å². The monoisotopic (exact) mass is 525 g/mol. The van der Waals surface area contributed by atoms with Crippen molar-refractivity contribution in [1.82, 2.24) is 19.5 Å². The number of hydrogen-bond acceptors (Lipinski definition) is 11. The van der Waals surface area contributed by atoms with Crippen LogP contribution in [0.4, 0.5) is 14.6 Å². The molecule has 1 aliphatic rings. The molecule has 0 amide bonds. The van der Waals surface area contributed by atoms with E-state index < -0.39 is 53.5 Å². The quantitative estimate of drug-likeness (QED) is 0.250. The highest BCUT2D eigenvalue weighted by molar-refractivity contribution is 7.75. The van der Waals surface area contributed by atoms with Gasteiger partial charge in [0, 0.05) is 6.42 Å². The summed E-state index contributed by atoms with van der Waals surface area (Å²) in [4.78, 5) is 47.2. The van der Waals surface area contributed by atoms with Crippen LogP contribution in [0, 0.1) is 0 Å². The molecular weight excluding hydrogens is 509 g/mol. The van der Waals surface area contributed by atoms with Gasteiger partial charge in [0.1, 0.15) is 24.2 Å². The molecule has 0 aliphatic carbocycles. The summed E-state index contributed by atoms with van der Waals surface area (Å²) >= 11 is 0. The Morgan fingerprint density at radius 1 is 1.19 bits per heavy atom. The Hall–Kier alpha value is -1.42. The number of rotatable bonds is 8. The lowest BCUT2D eigenvalue weighted by atomic mass is 10.2. The van der Waals surface area contributed by atoms with E-state index in [1.807, 2.05) is 0 Å². The molecule has 0 spiro atoms. The zero-order chi connectivity index (χ0) is 24.1. The second-order valence-corrected chi connectivity index (χ2v) is 11.9. The predicted octanol–water partition coefficient (Wildman–Crippen LogP) is 0.104. The number of nitrogens with two attached hydrogens (primary N) is 1. The van der Waals surface area contributed by atoms with Gasteiger partial charge in [0.15, 0.2) is 11.5 Å². The average Bonchev–Trinajstić information content (AvgIpc) is 3.22. The van der Waals surface area contributed by atoms with E-state index in [0.717, 1.165) is 6.33 Å². The maximum atomic E-state index is 14.0. The molecule has 0 saturated carbocycles. The van der Waals surface area contributed by atoms with Gasteiger partial charge in [0.05, 0.1) is 19.0 Å². The largest absolute Gasteiger partial charge is 0.477 e. The van der Waals surface area contributed by atoms with Crippen molar-refractivity contribution in [2.24, 2.45) is 0 Å². The van der Waals surface area contributed by atoms with E-state index >= 15 is 0 Å². The van der Waals surface area contributed by atoms with Crippen LogP contribution in [-0.4, -0.2) is 68.4 Å². The number of imidazole rings is 1. The average molecular weight is 525 g/mol. The van der Waals surface area contributed by atoms with Crippen LogP contribution in [0.5, 0.6) is 0 Å². The van der Waals surface area contributed by atoms with E-state index in [1.165, 1.54) is 10.9 Å². The summed E-state index contributed by atoms with van der Waals surface area (Å²) in [5.74, 6) is 0.0570. The Labute approximate surface area is 176 Å². The van der Waals surface area contributed by atoms with Crippen molar-refractivity contribution >= 4 is 40.0 Å². The molecule has 0 aromatic carbocycles. The van der Waals surface area contributed by atoms with Gasteiger partial charge >= 0.3 is 28.4 Å². The standard InChI is InChI=1S/C11H16F2N5O11P3/c12-11(13,31(22,23)29-32(24,25)26)30(20,21)27-2-6-5(19)1-7(28-6)18-4-17-8-9(14)15-3-16-10(8)18/h3-7,19H,1-2H2,(H,20,21)(H,22,23)(H2,14,15,16)(H2,24,25,26)/t5-,6+,7+/m0/s1. The first-order chi connectivity index (χ1) is 14.6. The number of halogens is 2. The van der Waals surface area contributed by atoms with Crippen molar-refractivity contribution in [3.8, 4) is 0 Å². The number of aliphatic hydroxyl groups excluding tert-OH is 1. The molecule has 7 N–H and O–H groups in total. The van der Waals surface area contributed by atoms with Gasteiger partial charge in [0.25, 0.3) is 0 Å². The molecule has 180 valence electrons. The van der Waals surface area contributed by atoms with Crippen LogP contribution in [0.15, 0.2) is 12.7 Å². The molecule has 5 atom stereocenters. The highest BCUT2D eigenvalue weighted by Gasteiger charge is 2.68. The van der Waals surface area contributed by atoms with Gasteiger partial charge in [-0.15, -0.1) is 0 Å². The second kappa shape index (κ2) is 8.42. The number of nitrogen functional groups attached to an aromatic ring is 1. The Balaban J connectivity index is 1.72. The lowest BCUT2D eigenvalue weighted by molar-refractivity contribution is -0.0430. The summed E-state index contributed by atoms with van der Waals surface area (Å²) in [6.45, 7) is -1.17. The minimum Gasteiger partial charge on any atom is -0.390 e. The molecule has 3 rings (SSSR count). The van der Waals surface area contributed by atoms with E-state index in [1.54, 1.807) is 0 Å². The normalized spacial score (nSPS) is 26.2. The highest BCUT2D eigenvalue weighted by Crippen LogP contribution is 2.78. The third-order valence-electron chi connectivity index (χ3n) is 4.21. The number of ether oxygens (including phenoxy) is 1. The fourth-order valence-corrected chi connectivity index (χ4v) is 6.55. The molecule has 21 heteroatoms. The van der Waals surface area contributed by atoms with Crippen LogP contribution in [0.1, 0.15) is 12.6 Å². The first kappa shape index (κ1) is 25.2. The van der Waals surface area contributed by atoms with Crippen molar-refractivity contribution in [1.29, 1.82) is 0 Å². The van der Waals surface area contributed by atoms with Crippen molar-refractivity contribution in [2.75, 3.05) is 12.3 Å². The molecule has 0 bridgehead atoms. The Morgan fingerprint density at radius 2 is 1.84 bits per heavy atom. The predicted molar refractivity (Wildman–Crippen MR) is 97.9 cm³/mol. The van der Waals surface area contributed by atoms with Gasteiger partial charge in [-0.05, 0) is 0 Å². The molecule has 1 aliphatic heterocycles. The zero-order valence-corrected chi connectivity index (χ0v) is 18.1. The summed E-state index contributed by atoms with van der Waals surface area (Å²) in [5.41, 5.74) is 6.09. The Kier molecular flexibility index (Phi) is 6.63. The molecule has 2 unspecified atom stereocenters. The molecule has 1 saturated heterocycles. The number of aliphatic hydroxyl groups is 1. The molecule has 16 nitrogen and oxygen atoms in total. The molecule has 32 heavy (non-hydrogen) atoms. The van der Waals surface area contributed by atoms with Gasteiger partial charge < -0.3 is 39.7 Å². The lowest BCUT2D eigenvalue weighted by Crippen LogP contribution is -2.28. The Bertz CT molecular complexity index is 1160. The number of phosphoric acid groups is 1. The third kappa shape index (κ3) is 4.76. The van der Waals surface area contributed by atoms with E-state index in [9.17, 15) is 32.5 Å². The highest BCUT2D eigenvalue weighted by atomic mass is 31.3. The molecule has 3 heterocycles. The van der Waals surface area contributed by atoms with Gasteiger partial charge in [-0.25, -0.2) is 23.8 Å². The second-order valence-electron chi connectivity index (χ2n) is 6.43. The van der Waals surface area contributed by atoms with E-state index in [0.29, 0.717) is 0 Å². The maximum absolute atomic E-state index is 14.0. The van der Waals surface area contributed by atoms with Crippen molar-refractivity contribution in [2.45, 2.75) is 30.3 Å². The van der Waals surface area contributed by atoms with Crippen molar-refractivity contribution in [3.05, 3.63) is 12.7 Å². The van der Waals surface area contributed by atoms with Gasteiger partial charge in [0.2, 0.25) is 0 Å². The summed E-state index contributed by atoms with van der Waals surface area (Å²) in [6.07, 6.45) is -1.61. The van der Waals surface area contributed by atoms with E-state index in [-0.39, 0.29) is 23.4 Å². The van der Waals surface area contributed by atoms with E-state index in [4.69, 9.17) is 25.2 Å². The molecule has 1 fully saturated rings. The van der Waals surface area contributed by atoms with Crippen molar-refractivity contribution < 1.29 is 60.7 Å². The number of nitrogens with zero attached hydrogens (tertiary/aromatic N) is 4. The van der Waals surface area contributed by atoms with Crippen LogP contribution in [0.2, 0.25) is 0 Å². The topological polar surface area (TPSA) is 250 Å². The smallest absolute Gasteiger partial charge is 0.390 e. The molecular formula is C11H16F2N5O11P3. The van der Waals surface area contributed by atoms with Crippen LogP contribution in [-0.2, 0) is 27.3 Å². The fraction of sp³-hybridized carbons (Fsp3) is 0.545. The summed E-state index contributed by atoms with van der Waals surface area (Å²) in [5, 5.41) is 4.50. The minimum absolute atomic E-state index is 0.0570. The maximum Gasteiger partial charge on any atom is 0.477 e. The molecule has 2 aromatic heterocycles. The minimum atomic E-state index is -6.68. The summed E-state index contributed by atoms with van der Waals surface area (Å²) in [6, 6.07) is 0. The van der Waals surface area contributed by atoms with Crippen LogP contribution < -0.4 is 5.73 Å². The number of hydrogen-bond donors (Lipinski definition) is 6. The zero-order valence-electron chi connectivity index (χ0n) is 15.5. The summed E-state index contributed by atoms with van der Waals surface area (Å²) in [7, 11) is -19.0. The van der Waals surface area contributed by atoms with E-state index in [2.05, 4.69) is 23.8 Å². The fourth-order valence-electron chi connectivity index (χ4n) is 2.72. The van der Waals surface area contributed by atoms with Gasteiger partial charge in [-0.3, -0.25) is 13.7 Å². The number of fused-ring (bicyclic) bond motifs is 1. The first-order valence-corrected chi connectivity index (χ1v) is 13.0. The number of alkyl halides is 2. The van der Waals surface area contributed by atoms with Crippen molar-refractivity contribution in [3.63, 3.8) is 0 Å². The number of anilines is 1. The third-order valence-corrected chi connectivity index (χ3v) is 9.32. The first-order valence-electron chi connectivity index (χ1n) is 8.27. The van der Waals surface area contributed by atoms with Gasteiger partial charge in [-0.2, -0.15) is 8.78 Å². The summed E-state index contributed by atoms with van der Waals surface area (Å²) < 4.78 is 76.1. The van der Waals surface area contributed by atoms with Crippen LogP contribution >= 0.6 is 23.0 Å². The Morgan fingerprint density at radius 3 is 2.47 bits per heavy atom. The number of aromatic nitrogens is 4. The molecule has 0 radical (unpaired) electrons. The molecule has 2 aromatic rings. The SMILES string of the molecule is Nc1ncnc2c1ncn2[C@H]1C[C@H](O)[C@@H](COP(=O)(O)C(F)(F)P(=O)(O)OP(=O)(O)O)O1. The van der Waals surface area contributed by atoms with Crippen LogP contribution in [0.25, 0.3) is 11.2 Å². The van der Waals surface area contributed by atoms with Gasteiger partial charge in [-0.1, -0.05) is 0 Å². The lowest BCUT2D eigenvalue weighted by Gasteiger charge is -2.26.